The van der Waals surface area contributed by atoms with E-state index in [0.29, 0.717) is 0 Å². The van der Waals surface area contributed by atoms with Crippen molar-refractivity contribution in [3.8, 4) is 5.75 Å². The maximum atomic E-state index is 12.3. The molecular formula is C8H8ClF2NO2. The highest BCUT2D eigenvalue weighted by atomic mass is 35.5. The van der Waals surface area contributed by atoms with Gasteiger partial charge in [-0.1, -0.05) is 0 Å². The number of aromatic nitrogens is 1. The maximum absolute atomic E-state index is 12.3. The third-order valence-electron chi connectivity index (χ3n) is 1.70. The lowest BCUT2D eigenvalue weighted by atomic mass is 10.1. The van der Waals surface area contributed by atoms with E-state index >= 15 is 0 Å². The first kappa shape index (κ1) is 11.1. The lowest BCUT2D eigenvalue weighted by Gasteiger charge is -2.08. The molecular weight excluding hydrogens is 216 g/mol. The average Bonchev–Trinajstić information content (AvgIpc) is 2.17. The number of nitrogens with zero attached hydrogens (tertiary/aromatic N) is 1. The van der Waals surface area contributed by atoms with E-state index in [4.69, 9.17) is 16.7 Å². The minimum Gasteiger partial charge on any atom is -0.506 e. The van der Waals surface area contributed by atoms with Crippen LogP contribution in [-0.2, 0) is 12.5 Å². The molecule has 0 saturated carbocycles. The second-order valence-electron chi connectivity index (χ2n) is 2.58. The molecule has 0 amide bonds. The Hall–Kier alpha value is -0.940. The molecule has 0 unspecified atom stereocenters. The summed E-state index contributed by atoms with van der Waals surface area (Å²) in [6.45, 7) is -0.607. The van der Waals surface area contributed by atoms with Crippen molar-refractivity contribution in [2.45, 2.75) is 18.9 Å². The van der Waals surface area contributed by atoms with Crippen molar-refractivity contribution < 1.29 is 19.0 Å². The third-order valence-corrected chi connectivity index (χ3v) is 1.96. The Morgan fingerprint density at radius 1 is 1.43 bits per heavy atom. The highest BCUT2D eigenvalue weighted by Gasteiger charge is 2.17. The van der Waals surface area contributed by atoms with E-state index in [2.05, 4.69) is 4.98 Å². The molecule has 0 aromatic carbocycles. The Balaban J connectivity index is 3.24. The minimum absolute atomic E-state index is 0.0834. The first-order valence-electron chi connectivity index (χ1n) is 3.76. The molecule has 0 atom stereocenters. The summed E-state index contributed by atoms with van der Waals surface area (Å²) >= 11 is 5.40. The number of pyridine rings is 1. The molecule has 0 aliphatic rings. The van der Waals surface area contributed by atoms with Gasteiger partial charge in [0, 0.05) is 5.56 Å². The highest BCUT2D eigenvalue weighted by molar-refractivity contribution is 6.17. The van der Waals surface area contributed by atoms with Crippen LogP contribution in [0, 0.1) is 0 Å². The van der Waals surface area contributed by atoms with Crippen LogP contribution in [0.15, 0.2) is 6.07 Å². The van der Waals surface area contributed by atoms with Crippen molar-refractivity contribution in [2.75, 3.05) is 0 Å². The van der Waals surface area contributed by atoms with Crippen LogP contribution in [0.25, 0.3) is 0 Å². The smallest absolute Gasteiger partial charge is 0.265 e. The zero-order chi connectivity index (χ0) is 10.7. The fourth-order valence-corrected chi connectivity index (χ4v) is 1.21. The molecule has 1 heterocycles. The van der Waals surface area contributed by atoms with Crippen LogP contribution in [0.3, 0.4) is 0 Å². The first-order chi connectivity index (χ1) is 6.60. The van der Waals surface area contributed by atoms with E-state index in [9.17, 15) is 13.9 Å². The van der Waals surface area contributed by atoms with Crippen molar-refractivity contribution in [3.05, 3.63) is 23.0 Å². The summed E-state index contributed by atoms with van der Waals surface area (Å²) in [7, 11) is 0. The fourth-order valence-electron chi connectivity index (χ4n) is 1.01. The van der Waals surface area contributed by atoms with Gasteiger partial charge in [0.15, 0.2) is 0 Å². The first-order valence-corrected chi connectivity index (χ1v) is 4.30. The number of aromatic hydroxyl groups is 1. The summed E-state index contributed by atoms with van der Waals surface area (Å²) in [5.41, 5.74) is -0.549. The molecule has 78 valence electrons. The second kappa shape index (κ2) is 4.52. The molecule has 1 aromatic heterocycles. The van der Waals surface area contributed by atoms with Gasteiger partial charge in [0.25, 0.3) is 6.43 Å². The van der Waals surface area contributed by atoms with Gasteiger partial charge in [-0.3, -0.25) is 0 Å². The lowest BCUT2D eigenvalue weighted by molar-refractivity contribution is 0.145. The molecule has 0 fully saturated rings. The lowest BCUT2D eigenvalue weighted by Crippen LogP contribution is -2.01. The van der Waals surface area contributed by atoms with Crippen molar-refractivity contribution in [2.24, 2.45) is 0 Å². The highest BCUT2D eigenvalue weighted by Crippen LogP contribution is 2.28. The number of aliphatic hydroxyl groups is 1. The number of alkyl halides is 3. The zero-order valence-corrected chi connectivity index (χ0v) is 7.80. The number of hydrogen-bond donors (Lipinski definition) is 2. The van der Waals surface area contributed by atoms with Crippen LogP contribution in [0.1, 0.15) is 23.4 Å². The van der Waals surface area contributed by atoms with Gasteiger partial charge in [0.1, 0.15) is 5.75 Å². The van der Waals surface area contributed by atoms with Crippen LogP contribution in [0.4, 0.5) is 8.78 Å². The van der Waals surface area contributed by atoms with Gasteiger partial charge < -0.3 is 10.2 Å². The standard InChI is InChI=1S/C8H8ClF2NO2/c9-2-5-7(14)1-4(8(10)11)6(3-13)12-5/h1,8,13-14H,2-3H2. The average molecular weight is 224 g/mol. The molecule has 0 aliphatic carbocycles. The summed E-state index contributed by atoms with van der Waals surface area (Å²) < 4.78 is 24.7. The molecule has 1 aromatic rings. The minimum atomic E-state index is -2.78. The van der Waals surface area contributed by atoms with Crippen LogP contribution in [0.2, 0.25) is 0 Å². The fraction of sp³-hybridized carbons (Fsp3) is 0.375. The van der Waals surface area contributed by atoms with E-state index in [1.54, 1.807) is 0 Å². The van der Waals surface area contributed by atoms with Gasteiger partial charge in [-0.2, -0.15) is 0 Å². The van der Waals surface area contributed by atoms with E-state index < -0.39 is 18.6 Å². The summed E-state index contributed by atoms with van der Waals surface area (Å²) in [5, 5.41) is 18.0. The summed E-state index contributed by atoms with van der Waals surface area (Å²) in [5.74, 6) is -0.477. The van der Waals surface area contributed by atoms with Crippen molar-refractivity contribution in [3.63, 3.8) is 0 Å². The molecule has 0 radical (unpaired) electrons. The number of rotatable bonds is 3. The number of aliphatic hydroxyl groups excluding tert-OH is 1. The van der Waals surface area contributed by atoms with Crippen molar-refractivity contribution >= 4 is 11.6 Å². The van der Waals surface area contributed by atoms with Gasteiger partial charge in [0.2, 0.25) is 0 Å². The quantitative estimate of drug-likeness (QED) is 0.771. The van der Waals surface area contributed by atoms with E-state index in [1.165, 1.54) is 0 Å². The zero-order valence-electron chi connectivity index (χ0n) is 7.04. The number of hydrogen-bond acceptors (Lipinski definition) is 3. The Morgan fingerprint density at radius 2 is 2.07 bits per heavy atom. The Kier molecular flexibility index (Phi) is 3.60. The predicted octanol–water partition coefficient (Wildman–Crippen LogP) is 1.96. The molecule has 14 heavy (non-hydrogen) atoms. The molecule has 6 heteroatoms. The monoisotopic (exact) mass is 223 g/mol. The third kappa shape index (κ3) is 2.10. The van der Waals surface area contributed by atoms with Crippen LogP contribution >= 0.6 is 11.6 Å². The van der Waals surface area contributed by atoms with E-state index in [-0.39, 0.29) is 23.0 Å². The van der Waals surface area contributed by atoms with Crippen LogP contribution in [-0.4, -0.2) is 15.2 Å². The van der Waals surface area contributed by atoms with Gasteiger partial charge in [-0.05, 0) is 6.07 Å². The van der Waals surface area contributed by atoms with Gasteiger partial charge in [0.05, 0.1) is 23.9 Å². The summed E-state index contributed by atoms with van der Waals surface area (Å²) in [6.07, 6.45) is -2.78. The Morgan fingerprint density at radius 3 is 2.50 bits per heavy atom. The molecule has 0 aliphatic heterocycles. The predicted molar refractivity (Wildman–Crippen MR) is 46.3 cm³/mol. The molecule has 0 saturated heterocycles. The van der Waals surface area contributed by atoms with Crippen LogP contribution < -0.4 is 0 Å². The largest absolute Gasteiger partial charge is 0.506 e. The molecule has 3 nitrogen and oxygen atoms in total. The van der Waals surface area contributed by atoms with E-state index in [0.717, 1.165) is 6.07 Å². The Bertz CT molecular complexity index is 333. The molecule has 0 spiro atoms. The van der Waals surface area contributed by atoms with Crippen molar-refractivity contribution in [1.82, 2.24) is 4.98 Å². The van der Waals surface area contributed by atoms with E-state index in [1.807, 2.05) is 0 Å². The second-order valence-corrected chi connectivity index (χ2v) is 2.85. The maximum Gasteiger partial charge on any atom is 0.265 e. The summed E-state index contributed by atoms with van der Waals surface area (Å²) in [4.78, 5) is 3.62. The number of halogens is 3. The normalized spacial score (nSPS) is 10.9. The van der Waals surface area contributed by atoms with Gasteiger partial charge in [-0.25, -0.2) is 13.8 Å². The molecule has 2 N–H and O–H groups in total. The SMILES string of the molecule is OCc1nc(CCl)c(O)cc1C(F)F. The van der Waals surface area contributed by atoms with Crippen LogP contribution in [0.5, 0.6) is 5.75 Å². The summed E-state index contributed by atoms with van der Waals surface area (Å²) in [6, 6.07) is 0.876. The Labute approximate surface area is 84.0 Å². The topological polar surface area (TPSA) is 53.4 Å². The van der Waals surface area contributed by atoms with Gasteiger partial charge >= 0.3 is 0 Å². The molecule has 0 bridgehead atoms. The van der Waals surface area contributed by atoms with Gasteiger partial charge in [-0.15, -0.1) is 11.6 Å². The van der Waals surface area contributed by atoms with Crippen molar-refractivity contribution in [1.29, 1.82) is 0 Å². The molecule has 1 rings (SSSR count).